The summed E-state index contributed by atoms with van der Waals surface area (Å²) in [5.41, 5.74) is -0.149. The van der Waals surface area contributed by atoms with Crippen LogP contribution in [0.1, 0.15) is 52.4 Å². The molecule has 0 heterocycles. The van der Waals surface area contributed by atoms with Crippen molar-refractivity contribution in [1.82, 2.24) is 5.32 Å². The van der Waals surface area contributed by atoms with Gasteiger partial charge in [-0.25, -0.2) is 0 Å². The van der Waals surface area contributed by atoms with Crippen molar-refractivity contribution < 1.29 is 17.9 Å². The first-order valence-electron chi connectivity index (χ1n) is 7.29. The highest BCUT2D eigenvalue weighted by atomic mass is 19.4. The molecule has 1 saturated carbocycles. The zero-order valence-corrected chi connectivity index (χ0v) is 12.0. The lowest BCUT2D eigenvalue weighted by Crippen LogP contribution is -2.39. The third-order valence-corrected chi connectivity index (χ3v) is 3.83. The summed E-state index contributed by atoms with van der Waals surface area (Å²) in [7, 11) is 0. The lowest BCUT2D eigenvalue weighted by Gasteiger charge is -2.33. The van der Waals surface area contributed by atoms with Gasteiger partial charge < -0.3 is 10.1 Å². The average molecular weight is 281 g/mol. The van der Waals surface area contributed by atoms with Gasteiger partial charge in [0.2, 0.25) is 0 Å². The number of nitrogens with one attached hydrogen (secondary N) is 1. The molecule has 1 N–H and O–H groups in total. The van der Waals surface area contributed by atoms with Gasteiger partial charge in [0.25, 0.3) is 0 Å². The van der Waals surface area contributed by atoms with Gasteiger partial charge >= 0.3 is 6.18 Å². The van der Waals surface area contributed by atoms with Crippen LogP contribution >= 0.6 is 0 Å². The van der Waals surface area contributed by atoms with Gasteiger partial charge in [-0.05, 0) is 25.7 Å². The van der Waals surface area contributed by atoms with E-state index in [1.165, 1.54) is 12.8 Å². The molecular formula is C14H26F3NO. The van der Waals surface area contributed by atoms with Gasteiger partial charge in [-0.2, -0.15) is 13.2 Å². The second kappa shape index (κ2) is 7.48. The molecule has 1 unspecified atom stereocenters. The molecule has 0 aromatic carbocycles. The Morgan fingerprint density at radius 3 is 2.32 bits per heavy atom. The van der Waals surface area contributed by atoms with E-state index in [0.717, 1.165) is 32.2 Å². The SMILES string of the molecule is CCCCC(CC)(CNC1CC1)COCC(F)(F)F. The second-order valence-electron chi connectivity index (χ2n) is 5.72. The Kier molecular flexibility index (Phi) is 6.60. The topological polar surface area (TPSA) is 21.3 Å². The minimum absolute atomic E-state index is 0.149. The fourth-order valence-corrected chi connectivity index (χ4v) is 2.20. The monoisotopic (exact) mass is 281 g/mol. The highest BCUT2D eigenvalue weighted by molar-refractivity contribution is 4.87. The maximum atomic E-state index is 12.2. The van der Waals surface area contributed by atoms with Crippen molar-refractivity contribution in [2.24, 2.45) is 5.41 Å². The van der Waals surface area contributed by atoms with Gasteiger partial charge in [-0.3, -0.25) is 0 Å². The maximum absolute atomic E-state index is 12.2. The molecule has 0 aromatic heterocycles. The molecule has 2 nitrogen and oxygen atoms in total. The third-order valence-electron chi connectivity index (χ3n) is 3.83. The van der Waals surface area contributed by atoms with Gasteiger partial charge in [0, 0.05) is 18.0 Å². The normalized spacial score (nSPS) is 19.4. The van der Waals surface area contributed by atoms with E-state index in [1.54, 1.807) is 0 Å². The fourth-order valence-electron chi connectivity index (χ4n) is 2.20. The molecule has 0 aromatic rings. The maximum Gasteiger partial charge on any atom is 0.411 e. The van der Waals surface area contributed by atoms with E-state index in [2.05, 4.69) is 12.2 Å². The summed E-state index contributed by atoms with van der Waals surface area (Å²) in [6, 6.07) is 0.579. The number of hydrogen-bond acceptors (Lipinski definition) is 2. The Morgan fingerprint density at radius 1 is 1.16 bits per heavy atom. The molecule has 19 heavy (non-hydrogen) atoms. The van der Waals surface area contributed by atoms with Crippen molar-refractivity contribution >= 4 is 0 Å². The molecule has 1 fully saturated rings. The minimum Gasteiger partial charge on any atom is -0.371 e. The van der Waals surface area contributed by atoms with Gasteiger partial charge in [0.05, 0.1) is 6.61 Å². The van der Waals surface area contributed by atoms with E-state index in [0.29, 0.717) is 6.04 Å². The van der Waals surface area contributed by atoms with Crippen molar-refractivity contribution in [3.05, 3.63) is 0 Å². The first kappa shape index (κ1) is 16.8. The highest BCUT2D eigenvalue weighted by Gasteiger charge is 2.33. The molecule has 0 spiro atoms. The minimum atomic E-state index is -4.23. The summed E-state index contributed by atoms with van der Waals surface area (Å²) in [6.07, 6.45) is 2.03. The largest absolute Gasteiger partial charge is 0.411 e. The fraction of sp³-hybridized carbons (Fsp3) is 1.00. The van der Waals surface area contributed by atoms with E-state index in [1.807, 2.05) is 6.92 Å². The molecule has 0 radical (unpaired) electrons. The summed E-state index contributed by atoms with van der Waals surface area (Å²) < 4.78 is 41.4. The van der Waals surface area contributed by atoms with Crippen LogP contribution < -0.4 is 5.32 Å². The van der Waals surface area contributed by atoms with Crippen LogP contribution in [0.25, 0.3) is 0 Å². The summed E-state index contributed by atoms with van der Waals surface area (Å²) in [6.45, 7) is 3.98. The Hall–Kier alpha value is -0.290. The number of alkyl halides is 3. The Bertz CT molecular complexity index is 254. The molecule has 1 aliphatic rings. The third kappa shape index (κ3) is 7.16. The van der Waals surface area contributed by atoms with Gasteiger partial charge in [0.1, 0.15) is 6.61 Å². The molecular weight excluding hydrogens is 255 g/mol. The molecule has 114 valence electrons. The van der Waals surface area contributed by atoms with Crippen LogP contribution in [0.2, 0.25) is 0 Å². The molecule has 1 atom stereocenters. The summed E-state index contributed by atoms with van der Waals surface area (Å²) in [4.78, 5) is 0. The van der Waals surface area contributed by atoms with Crippen molar-refractivity contribution in [3.63, 3.8) is 0 Å². The standard InChI is InChI=1S/C14H26F3NO/c1-3-5-8-13(4-2,9-18-12-6-7-12)10-19-11-14(15,16)17/h12,18H,3-11H2,1-2H3. The van der Waals surface area contributed by atoms with Gasteiger partial charge in [0.15, 0.2) is 0 Å². The molecule has 0 saturated heterocycles. The van der Waals surface area contributed by atoms with Crippen LogP contribution in [0.15, 0.2) is 0 Å². The van der Waals surface area contributed by atoms with Crippen LogP contribution in [0, 0.1) is 5.41 Å². The number of hydrogen-bond donors (Lipinski definition) is 1. The summed E-state index contributed by atoms with van der Waals surface area (Å²) in [5.74, 6) is 0. The molecule has 0 bridgehead atoms. The first-order valence-corrected chi connectivity index (χ1v) is 7.29. The lowest BCUT2D eigenvalue weighted by atomic mass is 9.80. The Morgan fingerprint density at radius 2 is 1.84 bits per heavy atom. The lowest BCUT2D eigenvalue weighted by molar-refractivity contribution is -0.181. The molecule has 5 heteroatoms. The smallest absolute Gasteiger partial charge is 0.371 e. The zero-order chi connectivity index (χ0) is 14.4. The first-order chi connectivity index (χ1) is 8.91. The van der Waals surface area contributed by atoms with Crippen LogP contribution in [-0.4, -0.2) is 32.0 Å². The predicted octanol–water partition coefficient (Wildman–Crippen LogP) is 3.90. The Balaban J connectivity index is 2.44. The average Bonchev–Trinajstić information content (AvgIpc) is 3.15. The summed E-state index contributed by atoms with van der Waals surface area (Å²) >= 11 is 0. The van der Waals surface area contributed by atoms with Crippen LogP contribution in [0.5, 0.6) is 0 Å². The van der Waals surface area contributed by atoms with Crippen molar-refractivity contribution in [1.29, 1.82) is 0 Å². The van der Waals surface area contributed by atoms with E-state index < -0.39 is 12.8 Å². The van der Waals surface area contributed by atoms with Gasteiger partial charge in [-0.1, -0.05) is 26.7 Å². The van der Waals surface area contributed by atoms with Crippen LogP contribution in [0.4, 0.5) is 13.2 Å². The van der Waals surface area contributed by atoms with Crippen molar-refractivity contribution in [2.45, 2.75) is 64.6 Å². The Labute approximate surface area is 114 Å². The molecule has 0 amide bonds. The highest BCUT2D eigenvalue weighted by Crippen LogP contribution is 2.31. The second-order valence-corrected chi connectivity index (χ2v) is 5.72. The van der Waals surface area contributed by atoms with Crippen LogP contribution in [-0.2, 0) is 4.74 Å². The number of rotatable bonds is 10. The van der Waals surface area contributed by atoms with E-state index >= 15 is 0 Å². The van der Waals surface area contributed by atoms with E-state index in [4.69, 9.17) is 4.74 Å². The van der Waals surface area contributed by atoms with E-state index in [-0.39, 0.29) is 12.0 Å². The van der Waals surface area contributed by atoms with Crippen LogP contribution in [0.3, 0.4) is 0 Å². The number of halogens is 3. The quantitative estimate of drug-likeness (QED) is 0.655. The predicted molar refractivity (Wildman–Crippen MR) is 70.1 cm³/mol. The van der Waals surface area contributed by atoms with Gasteiger partial charge in [-0.15, -0.1) is 0 Å². The zero-order valence-electron chi connectivity index (χ0n) is 12.0. The van der Waals surface area contributed by atoms with Crippen molar-refractivity contribution in [2.75, 3.05) is 19.8 Å². The molecule has 1 aliphatic carbocycles. The van der Waals surface area contributed by atoms with Crippen molar-refractivity contribution in [3.8, 4) is 0 Å². The molecule has 0 aliphatic heterocycles. The summed E-state index contributed by atoms with van der Waals surface area (Å²) in [5, 5.41) is 3.44. The van der Waals surface area contributed by atoms with E-state index in [9.17, 15) is 13.2 Å². The molecule has 1 rings (SSSR count). The number of unbranched alkanes of at least 4 members (excludes halogenated alkanes) is 1. The number of ether oxygens (including phenoxy) is 1.